The number of hydrogen-bond acceptors (Lipinski definition) is 10. The van der Waals surface area contributed by atoms with Crippen molar-refractivity contribution in [2.45, 2.75) is 9.99 Å². The second kappa shape index (κ2) is 7.10. The summed E-state index contributed by atoms with van der Waals surface area (Å²) < 4.78 is 73.6. The summed E-state index contributed by atoms with van der Waals surface area (Å²) in [6, 6.07) is 7.82. The lowest BCUT2D eigenvalue weighted by molar-refractivity contribution is 0.413. The van der Waals surface area contributed by atoms with Gasteiger partial charge in [-0.15, -0.1) is 10.2 Å². The molecule has 12 nitrogen and oxygen atoms in total. The van der Waals surface area contributed by atoms with Crippen molar-refractivity contribution < 1.29 is 34.8 Å². The zero-order chi connectivity index (χ0) is 21.5. The Labute approximate surface area is 168 Å². The molecule has 0 saturated heterocycles. The second-order valence-corrected chi connectivity index (χ2v) is 8.53. The first-order valence-corrected chi connectivity index (χ1v) is 10.8. The van der Waals surface area contributed by atoms with E-state index in [4.69, 9.17) is 17.9 Å². The summed E-state index contributed by atoms with van der Waals surface area (Å²) in [6.07, 6.45) is 2.30. The third kappa shape index (κ3) is 3.84. The summed E-state index contributed by atoms with van der Waals surface area (Å²) >= 11 is 0. The van der Waals surface area contributed by atoms with Crippen LogP contribution in [0.3, 0.4) is 0 Å². The van der Waals surface area contributed by atoms with E-state index in [0.717, 1.165) is 18.3 Å². The van der Waals surface area contributed by atoms with Crippen LogP contribution in [0.25, 0.3) is 34.4 Å². The predicted molar refractivity (Wildman–Crippen MR) is 98.1 cm³/mol. The third-order valence-electron chi connectivity index (χ3n) is 3.77. The first kappa shape index (κ1) is 19.8. The number of hydrogen-bond donors (Lipinski definition) is 2. The maximum atomic E-state index is 11.3. The highest BCUT2D eigenvalue weighted by atomic mass is 32.2. The Bertz CT molecular complexity index is 1430. The van der Waals surface area contributed by atoms with Crippen LogP contribution >= 0.6 is 0 Å². The number of nitrogens with zero attached hydrogens (tertiary/aromatic N) is 4. The van der Waals surface area contributed by atoms with Crippen molar-refractivity contribution in [1.82, 2.24) is 20.2 Å². The second-order valence-electron chi connectivity index (χ2n) is 5.76. The summed E-state index contributed by atoms with van der Waals surface area (Å²) in [5, 5.41) is 7.27. The average molecular weight is 450 g/mol. The Morgan fingerprint density at radius 2 is 1.63 bits per heavy atom. The van der Waals surface area contributed by atoms with Crippen molar-refractivity contribution in [3.63, 3.8) is 0 Å². The molecule has 0 amide bonds. The first-order valence-electron chi connectivity index (χ1n) is 7.93. The predicted octanol–water partition coefficient (Wildman–Crippen LogP) is 1.95. The number of rotatable bonds is 5. The fourth-order valence-electron chi connectivity index (χ4n) is 2.44. The zero-order valence-corrected chi connectivity index (χ0v) is 16.2. The largest absolute Gasteiger partial charge is 0.463 e. The van der Waals surface area contributed by atoms with Gasteiger partial charge in [-0.3, -0.25) is 14.1 Å². The van der Waals surface area contributed by atoms with E-state index in [-0.39, 0.29) is 34.4 Å². The molecule has 0 unspecified atom stereocenters. The molecule has 30 heavy (non-hydrogen) atoms. The Balaban J connectivity index is 1.86. The maximum Gasteiger partial charge on any atom is 0.328 e. The quantitative estimate of drug-likeness (QED) is 0.421. The Hall–Kier alpha value is -3.46. The Morgan fingerprint density at radius 1 is 0.833 bits per heavy atom. The van der Waals surface area contributed by atoms with E-state index in [1.807, 2.05) is 0 Å². The van der Waals surface area contributed by atoms with E-state index in [1.54, 1.807) is 12.1 Å². The molecule has 0 aliphatic rings. The molecule has 0 aliphatic heterocycles. The average Bonchev–Trinajstić information content (AvgIpc) is 3.39. The van der Waals surface area contributed by atoms with Crippen LogP contribution in [-0.4, -0.2) is 46.1 Å². The van der Waals surface area contributed by atoms with Crippen molar-refractivity contribution in [2.75, 3.05) is 0 Å². The number of pyridine rings is 1. The molecule has 0 aromatic carbocycles. The smallest absolute Gasteiger partial charge is 0.328 e. The molecule has 4 aromatic heterocycles. The molecule has 0 fully saturated rings. The Morgan fingerprint density at radius 3 is 2.20 bits per heavy atom. The molecule has 2 N–H and O–H groups in total. The number of aromatic nitrogens is 4. The third-order valence-corrected chi connectivity index (χ3v) is 5.34. The molecular weight excluding hydrogens is 440 g/mol. The lowest BCUT2D eigenvalue weighted by Gasteiger charge is -2.06. The molecule has 0 spiro atoms. The van der Waals surface area contributed by atoms with Gasteiger partial charge in [0.05, 0.1) is 6.26 Å². The van der Waals surface area contributed by atoms with Gasteiger partial charge < -0.3 is 8.83 Å². The van der Waals surface area contributed by atoms with Crippen LogP contribution in [0, 0.1) is 0 Å². The van der Waals surface area contributed by atoms with E-state index < -0.39 is 30.2 Å². The zero-order valence-electron chi connectivity index (χ0n) is 14.6. The van der Waals surface area contributed by atoms with Crippen LogP contribution in [0.4, 0.5) is 0 Å². The minimum atomic E-state index is -4.58. The van der Waals surface area contributed by atoms with Crippen molar-refractivity contribution in [3.05, 3.63) is 48.9 Å². The van der Waals surface area contributed by atoms with Crippen LogP contribution in [0.5, 0.6) is 0 Å². The van der Waals surface area contributed by atoms with Crippen molar-refractivity contribution in [3.8, 4) is 34.4 Å². The van der Waals surface area contributed by atoms with Crippen LogP contribution in [0.2, 0.25) is 0 Å². The van der Waals surface area contributed by atoms with E-state index in [0.29, 0.717) is 0 Å². The number of furan rings is 2. The molecule has 14 heteroatoms. The van der Waals surface area contributed by atoms with Gasteiger partial charge in [-0.25, -0.2) is 4.98 Å². The van der Waals surface area contributed by atoms with Gasteiger partial charge in [0.25, 0.3) is 10.1 Å². The monoisotopic (exact) mass is 450 g/mol. The molecule has 0 radical (unpaired) electrons. The summed E-state index contributed by atoms with van der Waals surface area (Å²) in [7, 11) is -9.01. The molecule has 4 heterocycles. The highest BCUT2D eigenvalue weighted by molar-refractivity contribution is 7.86. The minimum Gasteiger partial charge on any atom is -0.463 e. The lowest BCUT2D eigenvalue weighted by Crippen LogP contribution is -2.02. The van der Waals surface area contributed by atoms with E-state index in [9.17, 15) is 16.8 Å². The summed E-state index contributed by atoms with van der Waals surface area (Å²) in [5.41, 5.74) is 0.267. The van der Waals surface area contributed by atoms with Crippen molar-refractivity contribution >= 4 is 20.2 Å². The Kier molecular flexibility index (Phi) is 4.70. The van der Waals surface area contributed by atoms with Crippen LogP contribution in [0.1, 0.15) is 0 Å². The molecule has 4 aromatic rings. The highest BCUT2D eigenvalue weighted by Gasteiger charge is 2.22. The van der Waals surface area contributed by atoms with Crippen molar-refractivity contribution in [1.29, 1.82) is 0 Å². The molecule has 0 saturated carbocycles. The fourth-order valence-corrected chi connectivity index (χ4v) is 3.30. The van der Waals surface area contributed by atoms with E-state index >= 15 is 0 Å². The molecule has 0 aliphatic carbocycles. The van der Waals surface area contributed by atoms with E-state index in [2.05, 4.69) is 20.2 Å². The van der Waals surface area contributed by atoms with Crippen LogP contribution in [0.15, 0.2) is 67.7 Å². The van der Waals surface area contributed by atoms with Gasteiger partial charge in [-0.1, -0.05) is 0 Å². The topological polar surface area (TPSA) is 187 Å². The normalized spacial score (nSPS) is 12.2. The highest BCUT2D eigenvalue weighted by Crippen LogP contribution is 2.32. The SMILES string of the molecule is O=S(=O)(O)c1ccc(-c2nnc(-c3ccco3)c(-c3ccc(S(=O)(=O)O)o3)n2)nc1. The molecular formula is C16H10N4O8S2. The minimum absolute atomic E-state index is 0.0329. The van der Waals surface area contributed by atoms with Gasteiger partial charge in [0.1, 0.15) is 16.3 Å². The molecule has 154 valence electrons. The standard InChI is InChI=1S/C16H10N4O8S2/c21-29(22,23)9-3-4-10(17-8-9)16-18-14(12-5-6-13(28-12)30(24,25)26)15(19-20-16)11-2-1-7-27-11/h1-8H,(H,21,22,23)(H,24,25,26). The molecule has 0 bridgehead atoms. The fraction of sp³-hybridized carbons (Fsp3) is 0. The molecule has 0 atom stereocenters. The van der Waals surface area contributed by atoms with Gasteiger partial charge in [0.2, 0.25) is 10.9 Å². The first-order chi connectivity index (χ1) is 14.1. The van der Waals surface area contributed by atoms with E-state index in [1.165, 1.54) is 18.4 Å². The molecule has 4 rings (SSSR count). The summed E-state index contributed by atoms with van der Waals surface area (Å²) in [6.45, 7) is 0. The van der Waals surface area contributed by atoms with Gasteiger partial charge >= 0.3 is 10.1 Å². The summed E-state index contributed by atoms with van der Waals surface area (Å²) in [5.74, 6) is 0.155. The van der Waals surface area contributed by atoms with Gasteiger partial charge in [-0.05, 0) is 36.4 Å². The lowest BCUT2D eigenvalue weighted by atomic mass is 10.2. The van der Waals surface area contributed by atoms with Crippen LogP contribution in [-0.2, 0) is 20.2 Å². The van der Waals surface area contributed by atoms with Crippen molar-refractivity contribution in [2.24, 2.45) is 0 Å². The maximum absolute atomic E-state index is 11.3. The van der Waals surface area contributed by atoms with Crippen LogP contribution < -0.4 is 0 Å². The van der Waals surface area contributed by atoms with Gasteiger partial charge in [0, 0.05) is 6.20 Å². The summed E-state index contributed by atoms with van der Waals surface area (Å²) in [4.78, 5) is 7.75. The van der Waals surface area contributed by atoms with Gasteiger partial charge in [-0.2, -0.15) is 16.8 Å². The van der Waals surface area contributed by atoms with Gasteiger partial charge in [0.15, 0.2) is 17.2 Å².